The van der Waals surface area contributed by atoms with Gasteiger partial charge in [0.05, 0.1) is 6.04 Å². The highest BCUT2D eigenvalue weighted by molar-refractivity contribution is 5.77. The van der Waals surface area contributed by atoms with E-state index >= 15 is 0 Å². The molecule has 0 radical (unpaired) electrons. The predicted octanol–water partition coefficient (Wildman–Crippen LogP) is 5.58. The van der Waals surface area contributed by atoms with Gasteiger partial charge in [0.25, 0.3) is 0 Å². The van der Waals surface area contributed by atoms with Gasteiger partial charge in [0.15, 0.2) is 0 Å². The molecule has 2 aromatic rings. The van der Waals surface area contributed by atoms with E-state index in [2.05, 4.69) is 49.5 Å². The van der Waals surface area contributed by atoms with Crippen molar-refractivity contribution in [2.45, 2.75) is 76.9 Å². The van der Waals surface area contributed by atoms with E-state index < -0.39 is 0 Å². The minimum atomic E-state index is -0.0986. The molecule has 1 unspecified atom stereocenters. The van der Waals surface area contributed by atoms with Gasteiger partial charge in [-0.1, -0.05) is 42.8 Å². The maximum absolute atomic E-state index is 12.8. The zero-order valence-corrected chi connectivity index (χ0v) is 17.1. The van der Waals surface area contributed by atoms with E-state index in [1.807, 2.05) is 12.1 Å². The number of rotatable bonds is 4. The van der Waals surface area contributed by atoms with Gasteiger partial charge in [0.2, 0.25) is 5.91 Å². The Kier molecular flexibility index (Phi) is 5.43. The van der Waals surface area contributed by atoms with E-state index in [1.54, 1.807) is 0 Å². The van der Waals surface area contributed by atoms with Gasteiger partial charge in [-0.15, -0.1) is 0 Å². The fourth-order valence-corrected chi connectivity index (χ4v) is 4.73. The summed E-state index contributed by atoms with van der Waals surface area (Å²) in [6, 6.07) is 14.7. The maximum Gasteiger partial charge on any atom is 0.220 e. The van der Waals surface area contributed by atoms with Crippen LogP contribution in [0.4, 0.5) is 0 Å². The van der Waals surface area contributed by atoms with E-state index in [-0.39, 0.29) is 17.6 Å². The SMILES string of the molecule is Cc1ccc(CCC(=O)NC2CC3(CCCCC3)Oc3ccccc32)cc1C. The number of hydrogen-bond acceptors (Lipinski definition) is 2. The Morgan fingerprint density at radius 2 is 1.86 bits per heavy atom. The van der Waals surface area contributed by atoms with E-state index in [0.29, 0.717) is 6.42 Å². The molecule has 1 atom stereocenters. The van der Waals surface area contributed by atoms with E-state index in [4.69, 9.17) is 4.74 Å². The van der Waals surface area contributed by atoms with Crippen molar-refractivity contribution in [3.63, 3.8) is 0 Å². The molecule has 1 saturated carbocycles. The van der Waals surface area contributed by atoms with Crippen LogP contribution in [0.5, 0.6) is 5.75 Å². The van der Waals surface area contributed by atoms with E-state index in [9.17, 15) is 4.79 Å². The Bertz CT molecular complexity index is 851. The van der Waals surface area contributed by atoms with E-state index in [0.717, 1.165) is 37.0 Å². The number of benzene rings is 2. The fourth-order valence-electron chi connectivity index (χ4n) is 4.73. The molecule has 1 fully saturated rings. The Hall–Kier alpha value is -2.29. The molecular formula is C25H31NO2. The van der Waals surface area contributed by atoms with Gasteiger partial charge in [0.1, 0.15) is 11.4 Å². The monoisotopic (exact) mass is 377 g/mol. The zero-order valence-electron chi connectivity index (χ0n) is 17.1. The van der Waals surface area contributed by atoms with Crippen molar-refractivity contribution >= 4 is 5.91 Å². The molecule has 1 heterocycles. The molecule has 0 saturated heterocycles. The first-order valence-corrected chi connectivity index (χ1v) is 10.7. The molecule has 4 rings (SSSR count). The van der Waals surface area contributed by atoms with Crippen LogP contribution in [0.2, 0.25) is 0 Å². The smallest absolute Gasteiger partial charge is 0.220 e. The molecule has 3 nitrogen and oxygen atoms in total. The van der Waals surface area contributed by atoms with Gasteiger partial charge >= 0.3 is 0 Å². The van der Waals surface area contributed by atoms with Crippen LogP contribution in [0.1, 0.15) is 73.2 Å². The number of fused-ring (bicyclic) bond motifs is 1. The third-order valence-corrected chi connectivity index (χ3v) is 6.51. The van der Waals surface area contributed by atoms with Gasteiger partial charge in [-0.05, 0) is 68.7 Å². The standard InChI is InChI=1S/C25H31NO2/c1-18-10-11-20(16-19(18)2)12-13-24(27)26-22-17-25(14-6-3-7-15-25)28-23-9-5-4-8-21(22)23/h4-5,8-11,16,22H,3,6-7,12-15,17H2,1-2H3,(H,26,27). The van der Waals surface area contributed by atoms with Gasteiger partial charge in [-0.25, -0.2) is 0 Å². The average molecular weight is 378 g/mol. The van der Waals surface area contributed by atoms with Crippen LogP contribution in [-0.4, -0.2) is 11.5 Å². The van der Waals surface area contributed by atoms with Crippen LogP contribution >= 0.6 is 0 Å². The number of amides is 1. The quantitative estimate of drug-likeness (QED) is 0.755. The zero-order chi connectivity index (χ0) is 19.6. The van der Waals surface area contributed by atoms with Crippen molar-refractivity contribution in [3.05, 3.63) is 64.7 Å². The molecule has 2 aliphatic rings. The summed E-state index contributed by atoms with van der Waals surface area (Å²) >= 11 is 0. The Morgan fingerprint density at radius 3 is 2.64 bits per heavy atom. The van der Waals surface area contributed by atoms with Gasteiger partial charge in [-0.3, -0.25) is 4.79 Å². The summed E-state index contributed by atoms with van der Waals surface area (Å²) in [5.41, 5.74) is 4.84. The van der Waals surface area contributed by atoms with Crippen molar-refractivity contribution in [2.75, 3.05) is 0 Å². The topological polar surface area (TPSA) is 38.3 Å². The summed E-state index contributed by atoms with van der Waals surface area (Å²) in [4.78, 5) is 12.8. The molecular weight excluding hydrogens is 346 g/mol. The first-order chi connectivity index (χ1) is 13.5. The highest BCUT2D eigenvalue weighted by Crippen LogP contribution is 2.46. The first-order valence-electron chi connectivity index (χ1n) is 10.7. The first kappa shape index (κ1) is 19.0. The second-order valence-corrected chi connectivity index (χ2v) is 8.63. The largest absolute Gasteiger partial charge is 0.487 e. The molecule has 0 aromatic heterocycles. The lowest BCUT2D eigenvalue weighted by atomic mass is 9.77. The van der Waals surface area contributed by atoms with Gasteiger partial charge in [0, 0.05) is 18.4 Å². The Morgan fingerprint density at radius 1 is 1.07 bits per heavy atom. The summed E-state index contributed by atoms with van der Waals surface area (Å²) in [6.07, 6.45) is 8.11. The summed E-state index contributed by atoms with van der Waals surface area (Å²) in [6.45, 7) is 4.25. The van der Waals surface area contributed by atoms with Crippen molar-refractivity contribution in [3.8, 4) is 5.75 Å². The lowest BCUT2D eigenvalue weighted by molar-refractivity contribution is -0.122. The van der Waals surface area contributed by atoms with Crippen LogP contribution in [0, 0.1) is 13.8 Å². The maximum atomic E-state index is 12.8. The van der Waals surface area contributed by atoms with Crippen molar-refractivity contribution in [1.29, 1.82) is 0 Å². The number of hydrogen-bond donors (Lipinski definition) is 1. The number of para-hydroxylation sites is 1. The number of nitrogens with one attached hydrogen (secondary N) is 1. The van der Waals surface area contributed by atoms with Crippen LogP contribution in [0.25, 0.3) is 0 Å². The van der Waals surface area contributed by atoms with Crippen LogP contribution in [-0.2, 0) is 11.2 Å². The van der Waals surface area contributed by atoms with Crippen molar-refractivity contribution in [2.24, 2.45) is 0 Å². The van der Waals surface area contributed by atoms with Gasteiger partial charge < -0.3 is 10.1 Å². The number of carbonyl (C=O) groups excluding carboxylic acids is 1. The fraction of sp³-hybridized carbons (Fsp3) is 0.480. The highest BCUT2D eigenvalue weighted by Gasteiger charge is 2.42. The van der Waals surface area contributed by atoms with E-state index in [1.165, 1.54) is 36.0 Å². The average Bonchev–Trinajstić information content (AvgIpc) is 2.69. The van der Waals surface area contributed by atoms with Crippen LogP contribution in [0.3, 0.4) is 0 Å². The molecule has 1 spiro atoms. The molecule has 0 bridgehead atoms. The number of carbonyl (C=O) groups is 1. The third-order valence-electron chi connectivity index (χ3n) is 6.51. The van der Waals surface area contributed by atoms with Crippen LogP contribution in [0.15, 0.2) is 42.5 Å². The van der Waals surface area contributed by atoms with Crippen molar-refractivity contribution in [1.82, 2.24) is 5.32 Å². The molecule has 1 N–H and O–H groups in total. The predicted molar refractivity (Wildman–Crippen MR) is 113 cm³/mol. The normalized spacial score (nSPS) is 20.3. The lowest BCUT2D eigenvalue weighted by Gasteiger charge is -2.44. The lowest BCUT2D eigenvalue weighted by Crippen LogP contribution is -2.46. The van der Waals surface area contributed by atoms with Gasteiger partial charge in [-0.2, -0.15) is 0 Å². The van der Waals surface area contributed by atoms with Crippen LogP contribution < -0.4 is 10.1 Å². The Labute approximate surface area is 168 Å². The summed E-state index contributed by atoms with van der Waals surface area (Å²) in [7, 11) is 0. The minimum Gasteiger partial charge on any atom is -0.487 e. The number of ether oxygens (including phenoxy) is 1. The molecule has 28 heavy (non-hydrogen) atoms. The molecule has 3 heteroatoms. The molecule has 1 amide bonds. The highest BCUT2D eigenvalue weighted by atomic mass is 16.5. The number of aryl methyl sites for hydroxylation is 3. The summed E-state index contributed by atoms with van der Waals surface area (Å²) < 4.78 is 6.47. The molecule has 1 aliphatic carbocycles. The molecule has 2 aromatic carbocycles. The summed E-state index contributed by atoms with van der Waals surface area (Å²) in [5, 5.41) is 3.32. The second-order valence-electron chi connectivity index (χ2n) is 8.63. The summed E-state index contributed by atoms with van der Waals surface area (Å²) in [5.74, 6) is 1.08. The minimum absolute atomic E-state index is 0.0512. The Balaban J connectivity index is 1.44. The third kappa shape index (κ3) is 4.09. The molecule has 1 aliphatic heterocycles. The second kappa shape index (κ2) is 7.98. The molecule has 148 valence electrons. The van der Waals surface area contributed by atoms with Crippen molar-refractivity contribution < 1.29 is 9.53 Å².